The molecule has 0 radical (unpaired) electrons. The fraction of sp³-hybridized carbons (Fsp3) is 0.925. The van der Waals surface area contributed by atoms with Crippen LogP contribution in [0.4, 0.5) is 0 Å². The minimum absolute atomic E-state index is 0.342. The number of carboxylic acid groups (broad SMARTS) is 1. The summed E-state index contributed by atoms with van der Waals surface area (Å²) in [6, 6.07) is 0. The average Bonchev–Trinajstić information content (AvgIpc) is 2.98. The monoisotopic (exact) mass is 591 g/mol. The molecule has 2 nitrogen and oxygen atoms in total. The fourth-order valence-corrected chi connectivity index (χ4v) is 6.24. The van der Waals surface area contributed by atoms with Crippen LogP contribution in [0.5, 0.6) is 0 Å². The Balaban J connectivity index is 3.09. The van der Waals surface area contributed by atoms with E-state index in [4.69, 9.17) is 5.11 Å². The third-order valence-electron chi connectivity index (χ3n) is 9.15. The summed E-state index contributed by atoms with van der Waals surface area (Å²) < 4.78 is 0. The fourth-order valence-electron chi connectivity index (χ4n) is 6.24. The predicted octanol–water partition coefficient (Wildman–Crippen LogP) is 14.7. The minimum atomic E-state index is -0.651. The second-order valence-corrected chi connectivity index (χ2v) is 13.5. The molecule has 0 saturated heterocycles. The van der Waals surface area contributed by atoms with Crippen molar-refractivity contribution in [3.8, 4) is 0 Å². The normalized spacial score (nSPS) is 11.6. The van der Waals surface area contributed by atoms with Crippen LogP contribution in [0.3, 0.4) is 0 Å². The minimum Gasteiger partial charge on any atom is -0.481 e. The Morgan fingerprint density at radius 3 is 0.810 bits per heavy atom. The molecule has 0 unspecified atom stereocenters. The Kier molecular flexibility index (Phi) is 37.5. The Bertz CT molecular complexity index is 526. The first-order valence-electron chi connectivity index (χ1n) is 19.6. The van der Waals surface area contributed by atoms with Gasteiger partial charge in [0.1, 0.15) is 0 Å². The maximum atomic E-state index is 10.5. The first-order chi connectivity index (χ1) is 20.8. The predicted molar refractivity (Wildman–Crippen MR) is 189 cm³/mol. The Morgan fingerprint density at radius 2 is 0.571 bits per heavy atom. The smallest absolute Gasteiger partial charge is 0.303 e. The van der Waals surface area contributed by atoms with Gasteiger partial charge in [-0.25, -0.2) is 0 Å². The van der Waals surface area contributed by atoms with Crippen LogP contribution in [0.15, 0.2) is 12.2 Å². The maximum Gasteiger partial charge on any atom is 0.303 e. The number of hydrogen-bond acceptors (Lipinski definition) is 1. The third kappa shape index (κ3) is 39.2. The van der Waals surface area contributed by atoms with Crippen molar-refractivity contribution >= 4 is 5.97 Å². The summed E-state index contributed by atoms with van der Waals surface area (Å²) in [5.41, 5.74) is 0. The van der Waals surface area contributed by atoms with Crippen LogP contribution in [0.1, 0.15) is 238 Å². The van der Waals surface area contributed by atoms with E-state index in [1.807, 2.05) is 0 Å². The van der Waals surface area contributed by atoms with Crippen LogP contribution < -0.4 is 0 Å². The molecule has 0 bridgehead atoms. The topological polar surface area (TPSA) is 37.3 Å². The van der Waals surface area contributed by atoms with E-state index in [1.54, 1.807) is 0 Å². The van der Waals surface area contributed by atoms with Crippen molar-refractivity contribution in [1.29, 1.82) is 0 Å². The van der Waals surface area contributed by atoms with E-state index in [0.29, 0.717) is 6.42 Å². The van der Waals surface area contributed by atoms with Crippen molar-refractivity contribution in [2.45, 2.75) is 238 Å². The van der Waals surface area contributed by atoms with Crippen molar-refractivity contribution < 1.29 is 9.90 Å². The van der Waals surface area contributed by atoms with Crippen LogP contribution in [-0.4, -0.2) is 11.1 Å². The highest BCUT2D eigenvalue weighted by atomic mass is 16.4. The SMILES string of the molecule is CCCCCCCCCCCCCCCCCCCCCCCCC=CCCCCCCCCCCCCCC(=O)O. The van der Waals surface area contributed by atoms with Crippen LogP contribution in [-0.2, 0) is 4.79 Å². The van der Waals surface area contributed by atoms with E-state index < -0.39 is 5.97 Å². The molecule has 0 heterocycles. The van der Waals surface area contributed by atoms with E-state index >= 15 is 0 Å². The van der Waals surface area contributed by atoms with Crippen molar-refractivity contribution in [1.82, 2.24) is 0 Å². The van der Waals surface area contributed by atoms with Crippen LogP contribution in [0.25, 0.3) is 0 Å². The number of unbranched alkanes of at least 4 members (excludes halogenated alkanes) is 33. The Morgan fingerprint density at radius 1 is 0.357 bits per heavy atom. The lowest BCUT2D eigenvalue weighted by Gasteiger charge is -2.04. The highest BCUT2D eigenvalue weighted by molar-refractivity contribution is 5.66. The summed E-state index contributed by atoms with van der Waals surface area (Å²) in [4.78, 5) is 10.5. The van der Waals surface area contributed by atoms with Crippen molar-refractivity contribution in [3.05, 3.63) is 12.2 Å². The summed E-state index contributed by atoms with van der Waals surface area (Å²) >= 11 is 0. The van der Waals surface area contributed by atoms with Crippen molar-refractivity contribution in [2.75, 3.05) is 0 Å². The standard InChI is InChI=1S/C40H78O2/c1-2-3-4-5-6-7-8-9-10-11-12-13-14-15-16-17-18-19-20-21-22-23-24-25-26-27-28-29-30-31-32-33-34-35-36-37-38-39-40(41)42/h25-26H,2-24,27-39H2,1H3,(H,41,42). The molecule has 2 heteroatoms. The molecule has 0 aromatic heterocycles. The molecule has 0 atom stereocenters. The number of rotatable bonds is 37. The molecule has 0 aromatic carbocycles. The van der Waals surface area contributed by atoms with Gasteiger partial charge in [-0.3, -0.25) is 4.79 Å². The maximum absolute atomic E-state index is 10.5. The number of carboxylic acids is 1. The lowest BCUT2D eigenvalue weighted by Crippen LogP contribution is -1.93. The van der Waals surface area contributed by atoms with E-state index in [-0.39, 0.29) is 0 Å². The van der Waals surface area contributed by atoms with Gasteiger partial charge in [0, 0.05) is 6.42 Å². The molecule has 0 aliphatic rings. The first-order valence-corrected chi connectivity index (χ1v) is 19.6. The quantitative estimate of drug-likeness (QED) is 0.0577. The molecule has 0 aliphatic carbocycles. The Hall–Kier alpha value is -0.790. The molecule has 0 aromatic rings. The number of hydrogen-bond donors (Lipinski definition) is 1. The average molecular weight is 591 g/mol. The van der Waals surface area contributed by atoms with Gasteiger partial charge in [-0.05, 0) is 32.1 Å². The molecular formula is C40H78O2. The van der Waals surface area contributed by atoms with Gasteiger partial charge in [0.05, 0.1) is 0 Å². The van der Waals surface area contributed by atoms with E-state index in [2.05, 4.69) is 19.1 Å². The highest BCUT2D eigenvalue weighted by Gasteiger charge is 1.98. The largest absolute Gasteiger partial charge is 0.481 e. The summed E-state index contributed by atoms with van der Waals surface area (Å²) in [6.07, 6.45) is 53.9. The van der Waals surface area contributed by atoms with Crippen molar-refractivity contribution in [2.24, 2.45) is 0 Å². The lowest BCUT2D eigenvalue weighted by atomic mass is 10.0. The van der Waals surface area contributed by atoms with Gasteiger partial charge in [-0.2, -0.15) is 0 Å². The molecule has 42 heavy (non-hydrogen) atoms. The number of allylic oxidation sites excluding steroid dienone is 2. The molecule has 250 valence electrons. The third-order valence-corrected chi connectivity index (χ3v) is 9.15. The van der Waals surface area contributed by atoms with Crippen LogP contribution >= 0.6 is 0 Å². The molecule has 0 spiro atoms. The molecule has 0 amide bonds. The van der Waals surface area contributed by atoms with Gasteiger partial charge in [0.2, 0.25) is 0 Å². The van der Waals surface area contributed by atoms with E-state index in [1.165, 1.54) is 212 Å². The van der Waals surface area contributed by atoms with Gasteiger partial charge in [-0.1, -0.05) is 212 Å². The molecule has 0 fully saturated rings. The summed E-state index contributed by atoms with van der Waals surface area (Å²) in [5.74, 6) is -0.651. The molecule has 0 aliphatic heterocycles. The van der Waals surface area contributed by atoms with E-state index in [9.17, 15) is 4.79 Å². The Labute approximate surface area is 265 Å². The molecular weight excluding hydrogens is 512 g/mol. The van der Waals surface area contributed by atoms with Crippen LogP contribution in [0, 0.1) is 0 Å². The highest BCUT2D eigenvalue weighted by Crippen LogP contribution is 2.16. The van der Waals surface area contributed by atoms with E-state index in [0.717, 1.165) is 12.8 Å². The van der Waals surface area contributed by atoms with Gasteiger partial charge in [0.15, 0.2) is 0 Å². The zero-order valence-electron chi connectivity index (χ0n) is 29.0. The summed E-state index contributed by atoms with van der Waals surface area (Å²) in [7, 11) is 0. The second-order valence-electron chi connectivity index (χ2n) is 13.5. The second kappa shape index (κ2) is 38.2. The molecule has 1 N–H and O–H groups in total. The molecule has 0 rings (SSSR count). The lowest BCUT2D eigenvalue weighted by molar-refractivity contribution is -0.137. The summed E-state index contributed by atoms with van der Waals surface area (Å²) in [6.45, 7) is 2.30. The zero-order valence-corrected chi connectivity index (χ0v) is 29.0. The summed E-state index contributed by atoms with van der Waals surface area (Å²) in [5, 5.41) is 8.64. The van der Waals surface area contributed by atoms with Crippen molar-refractivity contribution in [3.63, 3.8) is 0 Å². The first kappa shape index (κ1) is 41.2. The zero-order chi connectivity index (χ0) is 30.4. The molecule has 0 saturated carbocycles. The van der Waals surface area contributed by atoms with Crippen LogP contribution in [0.2, 0.25) is 0 Å². The van der Waals surface area contributed by atoms with Gasteiger partial charge < -0.3 is 5.11 Å². The van der Waals surface area contributed by atoms with Gasteiger partial charge in [-0.15, -0.1) is 0 Å². The van der Waals surface area contributed by atoms with Gasteiger partial charge in [0.25, 0.3) is 0 Å². The number of carbonyl (C=O) groups is 1. The van der Waals surface area contributed by atoms with Gasteiger partial charge >= 0.3 is 5.97 Å². The number of aliphatic carboxylic acids is 1.